The van der Waals surface area contributed by atoms with Gasteiger partial charge in [-0.1, -0.05) is 12.1 Å². The van der Waals surface area contributed by atoms with Gasteiger partial charge in [0.15, 0.2) is 0 Å². The highest BCUT2D eigenvalue weighted by Gasteiger charge is 2.19. The van der Waals surface area contributed by atoms with Gasteiger partial charge in [-0.2, -0.15) is 0 Å². The predicted molar refractivity (Wildman–Crippen MR) is 115 cm³/mol. The summed E-state index contributed by atoms with van der Waals surface area (Å²) in [6.45, 7) is 2.68. The van der Waals surface area contributed by atoms with E-state index < -0.39 is 15.9 Å². The Morgan fingerprint density at radius 1 is 1.07 bits per heavy atom. The number of para-hydroxylation sites is 1. The smallest absolute Gasteiger partial charge is 0.255 e. The number of benzene rings is 2. The second kappa shape index (κ2) is 9.73. The van der Waals surface area contributed by atoms with Gasteiger partial charge in [0.1, 0.15) is 0 Å². The molecule has 0 aromatic heterocycles. The molecule has 0 bridgehead atoms. The van der Waals surface area contributed by atoms with E-state index in [0.717, 1.165) is 12.8 Å². The van der Waals surface area contributed by atoms with Crippen LogP contribution in [-0.4, -0.2) is 45.2 Å². The molecule has 3 rings (SSSR count). The van der Waals surface area contributed by atoms with Gasteiger partial charge in [0.05, 0.1) is 23.1 Å². The van der Waals surface area contributed by atoms with Gasteiger partial charge in [0, 0.05) is 24.4 Å². The van der Waals surface area contributed by atoms with Gasteiger partial charge in [0.25, 0.3) is 11.8 Å². The third kappa shape index (κ3) is 5.80. The van der Waals surface area contributed by atoms with Crippen molar-refractivity contribution in [3.8, 4) is 0 Å². The van der Waals surface area contributed by atoms with Crippen LogP contribution in [0.15, 0.2) is 48.5 Å². The topological polar surface area (TPSA) is 114 Å². The Morgan fingerprint density at radius 3 is 2.47 bits per heavy atom. The summed E-state index contributed by atoms with van der Waals surface area (Å²) < 4.78 is 31.2. The number of ether oxygens (including phenoxy) is 1. The number of hydrogen-bond donors (Lipinski definition) is 3. The molecule has 2 aromatic carbocycles. The van der Waals surface area contributed by atoms with Gasteiger partial charge in [0.2, 0.25) is 10.0 Å². The van der Waals surface area contributed by atoms with Gasteiger partial charge in [-0.15, -0.1) is 0 Å². The van der Waals surface area contributed by atoms with Gasteiger partial charge in [-0.3, -0.25) is 14.3 Å². The first-order valence-corrected chi connectivity index (χ1v) is 11.4. The van der Waals surface area contributed by atoms with Crippen LogP contribution in [0.5, 0.6) is 0 Å². The molecule has 1 saturated heterocycles. The molecule has 1 atom stereocenters. The quantitative estimate of drug-likeness (QED) is 0.595. The number of hydrogen-bond acceptors (Lipinski definition) is 5. The molecule has 0 saturated carbocycles. The fraction of sp³-hybridized carbons (Fsp3) is 0.333. The van der Waals surface area contributed by atoms with Crippen molar-refractivity contribution in [1.29, 1.82) is 0 Å². The maximum Gasteiger partial charge on any atom is 0.255 e. The van der Waals surface area contributed by atoms with Crippen LogP contribution in [0.3, 0.4) is 0 Å². The minimum absolute atomic E-state index is 0.0272. The number of amides is 2. The predicted octanol–water partition coefficient (Wildman–Crippen LogP) is 2.61. The fourth-order valence-electron chi connectivity index (χ4n) is 3.03. The van der Waals surface area contributed by atoms with Crippen molar-refractivity contribution in [1.82, 2.24) is 5.32 Å². The van der Waals surface area contributed by atoms with Crippen LogP contribution in [0, 0.1) is 0 Å². The van der Waals surface area contributed by atoms with Crippen molar-refractivity contribution in [2.75, 3.05) is 28.9 Å². The molecule has 1 heterocycles. The first-order chi connectivity index (χ1) is 14.4. The summed E-state index contributed by atoms with van der Waals surface area (Å²) in [7, 11) is -3.39. The molecule has 2 amide bonds. The number of sulfonamides is 1. The van der Waals surface area contributed by atoms with Crippen LogP contribution in [0.25, 0.3) is 0 Å². The lowest BCUT2D eigenvalue weighted by Crippen LogP contribution is -2.32. The summed E-state index contributed by atoms with van der Waals surface area (Å²) in [6.07, 6.45) is 1.94. The number of rotatable bonds is 8. The van der Waals surface area contributed by atoms with Gasteiger partial charge in [-0.05, 0) is 56.2 Å². The number of carbonyl (C=O) groups excluding carboxylic acids is 2. The lowest BCUT2D eigenvalue weighted by molar-refractivity contribution is 0.0858. The maximum absolute atomic E-state index is 12.6. The Labute approximate surface area is 176 Å². The summed E-state index contributed by atoms with van der Waals surface area (Å²) >= 11 is 0. The highest BCUT2D eigenvalue weighted by molar-refractivity contribution is 7.92. The van der Waals surface area contributed by atoms with Crippen LogP contribution in [0.4, 0.5) is 11.4 Å². The number of anilines is 2. The molecule has 2 aromatic rings. The van der Waals surface area contributed by atoms with Gasteiger partial charge in [-0.25, -0.2) is 8.42 Å². The molecule has 1 aliphatic rings. The van der Waals surface area contributed by atoms with E-state index in [1.54, 1.807) is 31.2 Å². The van der Waals surface area contributed by atoms with Crippen LogP contribution in [0.1, 0.15) is 40.5 Å². The summed E-state index contributed by atoms with van der Waals surface area (Å²) in [5.74, 6) is -0.731. The van der Waals surface area contributed by atoms with E-state index in [1.807, 2.05) is 0 Å². The fourth-order valence-corrected chi connectivity index (χ4v) is 3.67. The molecular formula is C21H25N3O5S. The third-order valence-electron chi connectivity index (χ3n) is 4.73. The first-order valence-electron chi connectivity index (χ1n) is 9.78. The van der Waals surface area contributed by atoms with E-state index in [2.05, 4.69) is 15.4 Å². The average Bonchev–Trinajstić information content (AvgIpc) is 3.26. The van der Waals surface area contributed by atoms with Crippen molar-refractivity contribution in [3.05, 3.63) is 59.7 Å². The SMILES string of the molecule is CCS(=O)(=O)Nc1ccc(C(=O)Nc2ccccc2C(=O)NC[C@@H]2CCCO2)cc1. The zero-order valence-corrected chi connectivity index (χ0v) is 17.5. The summed E-state index contributed by atoms with van der Waals surface area (Å²) in [5, 5.41) is 5.59. The molecule has 160 valence electrons. The highest BCUT2D eigenvalue weighted by Crippen LogP contribution is 2.18. The minimum atomic E-state index is -3.39. The maximum atomic E-state index is 12.6. The Morgan fingerprint density at radius 2 is 1.80 bits per heavy atom. The molecule has 9 heteroatoms. The Balaban J connectivity index is 1.65. The molecule has 1 aliphatic heterocycles. The molecule has 30 heavy (non-hydrogen) atoms. The van der Waals surface area contributed by atoms with Gasteiger partial charge < -0.3 is 15.4 Å². The molecule has 1 fully saturated rings. The van der Waals surface area contributed by atoms with E-state index in [0.29, 0.717) is 35.7 Å². The second-order valence-corrected chi connectivity index (χ2v) is 8.94. The van der Waals surface area contributed by atoms with Crippen LogP contribution >= 0.6 is 0 Å². The molecule has 0 aliphatic carbocycles. The number of nitrogens with one attached hydrogen (secondary N) is 3. The summed E-state index contributed by atoms with van der Waals surface area (Å²) in [4.78, 5) is 25.2. The van der Waals surface area contributed by atoms with E-state index in [4.69, 9.17) is 4.74 Å². The van der Waals surface area contributed by atoms with Crippen LogP contribution < -0.4 is 15.4 Å². The molecule has 0 spiro atoms. The zero-order chi connectivity index (χ0) is 21.6. The van der Waals surface area contributed by atoms with Crippen molar-refractivity contribution >= 4 is 33.2 Å². The first kappa shape index (κ1) is 21.8. The normalized spacial score (nSPS) is 16.1. The molecule has 0 radical (unpaired) electrons. The van der Waals surface area contributed by atoms with E-state index >= 15 is 0 Å². The summed E-state index contributed by atoms with van der Waals surface area (Å²) in [5.41, 5.74) is 1.46. The minimum Gasteiger partial charge on any atom is -0.376 e. The molecular weight excluding hydrogens is 406 g/mol. The standard InChI is InChI=1S/C21H25N3O5S/c1-2-30(27,28)24-16-11-9-15(10-12-16)20(25)23-19-8-4-3-7-18(19)21(26)22-14-17-6-5-13-29-17/h3-4,7-12,17,24H,2,5-6,13-14H2,1H3,(H,22,26)(H,23,25)/t17-/m0/s1. The van der Waals surface area contributed by atoms with Gasteiger partial charge >= 0.3 is 0 Å². The van der Waals surface area contributed by atoms with Crippen LogP contribution in [-0.2, 0) is 14.8 Å². The van der Waals surface area contributed by atoms with Crippen molar-refractivity contribution in [2.45, 2.75) is 25.9 Å². The van der Waals surface area contributed by atoms with Crippen LogP contribution in [0.2, 0.25) is 0 Å². The monoisotopic (exact) mass is 431 g/mol. The average molecular weight is 432 g/mol. The van der Waals surface area contributed by atoms with Crippen molar-refractivity contribution in [2.24, 2.45) is 0 Å². The zero-order valence-electron chi connectivity index (χ0n) is 16.7. The Bertz CT molecular complexity index is 1000. The van der Waals surface area contributed by atoms with Crippen molar-refractivity contribution < 1.29 is 22.7 Å². The third-order valence-corrected chi connectivity index (χ3v) is 6.04. The molecule has 3 N–H and O–H groups in total. The summed E-state index contributed by atoms with van der Waals surface area (Å²) in [6, 6.07) is 12.8. The van der Waals surface area contributed by atoms with E-state index in [1.165, 1.54) is 24.3 Å². The lowest BCUT2D eigenvalue weighted by Gasteiger charge is -2.14. The lowest BCUT2D eigenvalue weighted by atomic mass is 10.1. The molecule has 0 unspecified atom stereocenters. The second-order valence-electron chi connectivity index (χ2n) is 6.93. The molecule has 8 nitrogen and oxygen atoms in total. The van der Waals surface area contributed by atoms with Crippen molar-refractivity contribution in [3.63, 3.8) is 0 Å². The Hall–Kier alpha value is -2.91. The number of carbonyl (C=O) groups is 2. The van der Waals surface area contributed by atoms with E-state index in [9.17, 15) is 18.0 Å². The Kier molecular flexibility index (Phi) is 7.07. The van der Waals surface area contributed by atoms with E-state index in [-0.39, 0.29) is 17.8 Å². The highest BCUT2D eigenvalue weighted by atomic mass is 32.2. The largest absolute Gasteiger partial charge is 0.376 e.